The summed E-state index contributed by atoms with van der Waals surface area (Å²) in [4.78, 5) is 2.58. The van der Waals surface area contributed by atoms with Crippen LogP contribution in [-0.4, -0.2) is 73.8 Å². The summed E-state index contributed by atoms with van der Waals surface area (Å²) in [5.41, 5.74) is 1.28. The number of aromatic nitrogens is 2. The lowest BCUT2D eigenvalue weighted by Crippen LogP contribution is -2.47. The van der Waals surface area contributed by atoms with E-state index in [0.29, 0.717) is 47.3 Å². The van der Waals surface area contributed by atoms with Gasteiger partial charge in [-0.1, -0.05) is 0 Å². The molecule has 1 aliphatic heterocycles. The number of rotatable bonds is 4. The van der Waals surface area contributed by atoms with Crippen molar-refractivity contribution in [2.24, 2.45) is 18.9 Å². The van der Waals surface area contributed by atoms with Gasteiger partial charge >= 0.3 is 0 Å². The van der Waals surface area contributed by atoms with Crippen LogP contribution in [0.25, 0.3) is 0 Å². The highest BCUT2D eigenvalue weighted by molar-refractivity contribution is 7.89. The molecule has 1 aromatic heterocycles. The largest absolute Gasteiger partial charge is 0.380 e. The quantitative estimate of drug-likeness (QED) is 0.791. The first-order valence-corrected chi connectivity index (χ1v) is 10.3. The smallest absolute Gasteiger partial charge is 0.246 e. The van der Waals surface area contributed by atoms with Crippen molar-refractivity contribution in [3.05, 3.63) is 11.4 Å². The van der Waals surface area contributed by atoms with Crippen molar-refractivity contribution in [3.8, 4) is 0 Å². The molecule has 1 saturated carbocycles. The first-order chi connectivity index (χ1) is 11.7. The molecule has 3 rings (SSSR count). The molecule has 25 heavy (non-hydrogen) atoms. The molecule has 4 atom stereocenters. The van der Waals surface area contributed by atoms with E-state index >= 15 is 0 Å². The van der Waals surface area contributed by atoms with Gasteiger partial charge in [-0.05, 0) is 52.6 Å². The molecule has 8 heteroatoms. The molecule has 1 saturated heterocycles. The molecule has 0 amide bonds. The van der Waals surface area contributed by atoms with Gasteiger partial charge in [-0.15, -0.1) is 0 Å². The summed E-state index contributed by atoms with van der Waals surface area (Å²) < 4.78 is 35.5. The van der Waals surface area contributed by atoms with Crippen LogP contribution in [0.2, 0.25) is 0 Å². The summed E-state index contributed by atoms with van der Waals surface area (Å²) in [5, 5.41) is 4.28. The van der Waals surface area contributed by atoms with Crippen molar-refractivity contribution in [1.29, 1.82) is 0 Å². The zero-order chi connectivity index (χ0) is 18.5. The van der Waals surface area contributed by atoms with Gasteiger partial charge in [0.2, 0.25) is 10.0 Å². The Hall–Kier alpha value is -0.960. The maximum absolute atomic E-state index is 13.2. The maximum Gasteiger partial charge on any atom is 0.246 e. The molecule has 0 radical (unpaired) electrons. The van der Waals surface area contributed by atoms with E-state index in [1.54, 1.807) is 30.1 Å². The SMILES string of the molecule is CO[C@@H]1C[C@H]2CN(S(=O)(=O)c3c(C)nn(C)c3C)C[C@H]2C[C@H]1N(C)C. The molecule has 0 aromatic carbocycles. The van der Waals surface area contributed by atoms with E-state index in [4.69, 9.17) is 4.74 Å². The van der Waals surface area contributed by atoms with Crippen LogP contribution >= 0.6 is 0 Å². The lowest BCUT2D eigenvalue weighted by atomic mass is 9.77. The topological polar surface area (TPSA) is 67.7 Å². The Balaban J connectivity index is 1.85. The second kappa shape index (κ2) is 6.64. The Kier molecular flexibility index (Phi) is 5.00. The van der Waals surface area contributed by atoms with Crippen molar-refractivity contribution in [3.63, 3.8) is 0 Å². The number of nitrogens with zero attached hydrogens (tertiary/aromatic N) is 4. The third-order valence-corrected chi connectivity index (χ3v) is 8.14. The molecule has 0 spiro atoms. The highest BCUT2D eigenvalue weighted by atomic mass is 32.2. The Morgan fingerprint density at radius 2 is 1.76 bits per heavy atom. The lowest BCUT2D eigenvalue weighted by Gasteiger charge is -2.40. The minimum Gasteiger partial charge on any atom is -0.380 e. The molecule has 1 aliphatic carbocycles. The van der Waals surface area contributed by atoms with Gasteiger partial charge in [-0.2, -0.15) is 9.40 Å². The molecular formula is C17H30N4O3S. The van der Waals surface area contributed by atoms with Gasteiger partial charge in [0.05, 0.1) is 17.5 Å². The number of likely N-dealkylation sites (N-methyl/N-ethyl adjacent to an activating group) is 1. The lowest BCUT2D eigenvalue weighted by molar-refractivity contribution is -0.0209. The standard InChI is InChI=1S/C17H30N4O3S/c1-11-17(12(2)20(5)18-11)25(22,23)21-9-13-7-15(19(3)4)16(24-6)8-14(13)10-21/h13-16H,7-10H2,1-6H3/t13-,14+,15-,16-/m1/s1. The van der Waals surface area contributed by atoms with Gasteiger partial charge in [-0.25, -0.2) is 8.42 Å². The van der Waals surface area contributed by atoms with Gasteiger partial charge in [0.15, 0.2) is 0 Å². The van der Waals surface area contributed by atoms with E-state index in [1.165, 1.54) is 0 Å². The second-order valence-corrected chi connectivity index (χ2v) is 9.62. The predicted molar refractivity (Wildman–Crippen MR) is 95.9 cm³/mol. The number of fused-ring (bicyclic) bond motifs is 1. The first kappa shape index (κ1) is 18.8. The van der Waals surface area contributed by atoms with Crippen molar-refractivity contribution in [1.82, 2.24) is 19.0 Å². The summed E-state index contributed by atoms with van der Waals surface area (Å²) >= 11 is 0. The number of aryl methyl sites for hydroxylation is 2. The predicted octanol–water partition coefficient (Wildman–Crippen LogP) is 1.01. The van der Waals surface area contributed by atoms with Crippen LogP contribution in [0.3, 0.4) is 0 Å². The van der Waals surface area contributed by atoms with Gasteiger partial charge in [0, 0.05) is 33.3 Å². The van der Waals surface area contributed by atoms with Gasteiger partial charge in [0.1, 0.15) is 4.90 Å². The van der Waals surface area contributed by atoms with Crippen LogP contribution < -0.4 is 0 Å². The molecule has 2 heterocycles. The number of ether oxygens (including phenoxy) is 1. The molecule has 7 nitrogen and oxygen atoms in total. The number of hydrogen-bond donors (Lipinski definition) is 0. The average Bonchev–Trinajstić information content (AvgIpc) is 3.07. The number of sulfonamides is 1. The first-order valence-electron chi connectivity index (χ1n) is 8.86. The minimum absolute atomic E-state index is 0.167. The Morgan fingerprint density at radius 1 is 1.16 bits per heavy atom. The number of methoxy groups -OCH3 is 1. The fourth-order valence-electron chi connectivity index (χ4n) is 4.60. The summed E-state index contributed by atoms with van der Waals surface area (Å²) in [6.45, 7) is 4.77. The highest BCUT2D eigenvalue weighted by Crippen LogP contribution is 2.41. The van der Waals surface area contributed by atoms with Gasteiger partial charge < -0.3 is 9.64 Å². The molecule has 2 fully saturated rings. The fraction of sp³-hybridized carbons (Fsp3) is 0.824. The third-order valence-electron chi connectivity index (χ3n) is 6.06. The van der Waals surface area contributed by atoms with E-state index < -0.39 is 10.0 Å². The molecule has 2 aliphatic rings. The molecule has 1 aromatic rings. The molecule has 142 valence electrons. The van der Waals surface area contributed by atoms with Crippen molar-refractivity contribution in [2.75, 3.05) is 34.3 Å². The number of hydrogen-bond acceptors (Lipinski definition) is 5. The monoisotopic (exact) mass is 370 g/mol. The van der Waals surface area contributed by atoms with Crippen LogP contribution in [0.15, 0.2) is 4.90 Å². The van der Waals surface area contributed by atoms with Crippen LogP contribution in [-0.2, 0) is 21.8 Å². The van der Waals surface area contributed by atoms with Gasteiger partial charge in [0.25, 0.3) is 0 Å². The van der Waals surface area contributed by atoms with E-state index in [-0.39, 0.29) is 6.10 Å². The highest BCUT2D eigenvalue weighted by Gasteiger charge is 2.47. The summed E-state index contributed by atoms with van der Waals surface area (Å²) in [7, 11) is 4.19. The Morgan fingerprint density at radius 3 is 2.24 bits per heavy atom. The van der Waals surface area contributed by atoms with Crippen molar-refractivity contribution in [2.45, 2.75) is 43.7 Å². The van der Waals surface area contributed by atoms with E-state index in [9.17, 15) is 8.42 Å². The second-order valence-electron chi connectivity index (χ2n) is 7.74. The zero-order valence-corrected chi connectivity index (χ0v) is 16.9. The van der Waals surface area contributed by atoms with Crippen LogP contribution in [0, 0.1) is 25.7 Å². The molecule has 0 unspecified atom stereocenters. The summed E-state index contributed by atoms with van der Waals surface area (Å²) in [6, 6.07) is 0.343. The zero-order valence-electron chi connectivity index (χ0n) is 16.1. The van der Waals surface area contributed by atoms with Gasteiger partial charge in [-0.3, -0.25) is 4.68 Å². The van der Waals surface area contributed by atoms with Crippen LogP contribution in [0.1, 0.15) is 24.2 Å². The normalized spacial score (nSPS) is 30.8. The summed E-state index contributed by atoms with van der Waals surface area (Å²) in [5.74, 6) is 0.763. The molecule has 0 bridgehead atoms. The molecular weight excluding hydrogens is 340 g/mol. The average molecular weight is 371 g/mol. The maximum atomic E-state index is 13.2. The Labute approximate surface area is 151 Å². The van der Waals surface area contributed by atoms with Crippen molar-refractivity contribution < 1.29 is 13.2 Å². The summed E-state index contributed by atoms with van der Waals surface area (Å²) in [6.07, 6.45) is 2.06. The van der Waals surface area contributed by atoms with E-state index in [1.807, 2.05) is 6.92 Å². The third kappa shape index (κ3) is 3.13. The molecule has 0 N–H and O–H groups in total. The fourth-order valence-corrected chi connectivity index (χ4v) is 6.55. The minimum atomic E-state index is -3.50. The van der Waals surface area contributed by atoms with E-state index in [0.717, 1.165) is 12.8 Å². The van der Waals surface area contributed by atoms with Crippen LogP contribution in [0.5, 0.6) is 0 Å². The Bertz CT molecular complexity index is 743. The van der Waals surface area contributed by atoms with Crippen LogP contribution in [0.4, 0.5) is 0 Å². The van der Waals surface area contributed by atoms with E-state index in [2.05, 4.69) is 24.1 Å². The van der Waals surface area contributed by atoms with Crippen molar-refractivity contribution >= 4 is 10.0 Å².